The minimum Gasteiger partial charge on any atom is -0.396 e. The summed E-state index contributed by atoms with van der Waals surface area (Å²) in [6, 6.07) is 0. The standard InChI is InChI=1S/C5H6NO2/c7-2-1-5-3-6-8-4-5/h4,7H,1-2H2. The van der Waals surface area contributed by atoms with Gasteiger partial charge in [0.05, 0.1) is 0 Å². The molecular formula is C5H6NO2. The Morgan fingerprint density at radius 2 is 2.75 bits per heavy atom. The zero-order chi connectivity index (χ0) is 5.82. The second-order valence-electron chi connectivity index (χ2n) is 1.43. The summed E-state index contributed by atoms with van der Waals surface area (Å²) in [4.78, 5) is 0. The normalized spacial score (nSPS) is 9.62. The lowest BCUT2D eigenvalue weighted by atomic mass is 10.3. The summed E-state index contributed by atoms with van der Waals surface area (Å²) in [7, 11) is 0. The van der Waals surface area contributed by atoms with Crippen LogP contribution < -0.4 is 0 Å². The van der Waals surface area contributed by atoms with Crippen LogP contribution in [-0.2, 0) is 6.42 Å². The molecule has 0 aliphatic carbocycles. The number of rotatable bonds is 2. The summed E-state index contributed by atoms with van der Waals surface area (Å²) in [6.07, 6.45) is 4.60. The minimum absolute atomic E-state index is 0.123. The predicted octanol–water partition coefficient (Wildman–Crippen LogP) is 0.00959. The molecule has 0 aliphatic heterocycles. The maximum atomic E-state index is 8.35. The van der Waals surface area contributed by atoms with E-state index in [0.717, 1.165) is 5.56 Å². The lowest BCUT2D eigenvalue weighted by Gasteiger charge is -1.82. The molecule has 1 heterocycles. The summed E-state index contributed by atoms with van der Waals surface area (Å²) in [5.41, 5.74) is 0.813. The molecule has 8 heavy (non-hydrogen) atoms. The van der Waals surface area contributed by atoms with Gasteiger partial charge in [0.25, 0.3) is 0 Å². The Balaban J connectivity index is 2.50. The fourth-order valence-electron chi connectivity index (χ4n) is 0.437. The molecular weight excluding hydrogens is 106 g/mol. The van der Waals surface area contributed by atoms with Crippen LogP contribution in [0.25, 0.3) is 0 Å². The summed E-state index contributed by atoms with van der Waals surface area (Å²) >= 11 is 0. The lowest BCUT2D eigenvalue weighted by Crippen LogP contribution is -1.86. The third-order valence-corrected chi connectivity index (χ3v) is 0.818. The maximum Gasteiger partial charge on any atom is 0.139 e. The molecule has 0 unspecified atom stereocenters. The van der Waals surface area contributed by atoms with Gasteiger partial charge in [-0.25, -0.2) is 0 Å². The molecule has 0 aromatic carbocycles. The fraction of sp³-hybridized carbons (Fsp3) is 0.400. The van der Waals surface area contributed by atoms with Crippen molar-refractivity contribution >= 4 is 0 Å². The first-order chi connectivity index (χ1) is 3.93. The van der Waals surface area contributed by atoms with Gasteiger partial charge < -0.3 is 9.63 Å². The van der Waals surface area contributed by atoms with Crippen LogP contribution in [-0.4, -0.2) is 16.9 Å². The van der Waals surface area contributed by atoms with Crippen molar-refractivity contribution < 1.29 is 9.63 Å². The Hall–Kier alpha value is -0.830. The Morgan fingerprint density at radius 3 is 3.25 bits per heavy atom. The number of aliphatic hydroxyl groups is 1. The van der Waals surface area contributed by atoms with Crippen molar-refractivity contribution in [2.24, 2.45) is 0 Å². The first-order valence-corrected chi connectivity index (χ1v) is 2.35. The highest BCUT2D eigenvalue weighted by molar-refractivity contribution is 4.97. The highest BCUT2D eigenvalue weighted by Crippen LogP contribution is 1.93. The van der Waals surface area contributed by atoms with Crippen LogP contribution in [0.5, 0.6) is 0 Å². The molecule has 0 aliphatic rings. The molecule has 3 heteroatoms. The van der Waals surface area contributed by atoms with Crippen molar-refractivity contribution in [1.82, 2.24) is 5.16 Å². The van der Waals surface area contributed by atoms with E-state index in [-0.39, 0.29) is 6.61 Å². The SMILES string of the molecule is OCCc1[c]noc1. The van der Waals surface area contributed by atoms with Crippen molar-refractivity contribution in [2.45, 2.75) is 6.42 Å². The second-order valence-corrected chi connectivity index (χ2v) is 1.43. The third kappa shape index (κ3) is 1.07. The first-order valence-electron chi connectivity index (χ1n) is 2.35. The molecule has 0 saturated heterocycles. The average molecular weight is 112 g/mol. The average Bonchev–Trinajstić information content (AvgIpc) is 2.19. The van der Waals surface area contributed by atoms with Gasteiger partial charge in [0, 0.05) is 18.6 Å². The monoisotopic (exact) mass is 112 g/mol. The van der Waals surface area contributed by atoms with E-state index in [1.165, 1.54) is 6.26 Å². The van der Waals surface area contributed by atoms with E-state index in [4.69, 9.17) is 5.11 Å². The van der Waals surface area contributed by atoms with Gasteiger partial charge >= 0.3 is 0 Å². The molecule has 1 aromatic rings. The van der Waals surface area contributed by atoms with E-state index in [2.05, 4.69) is 15.9 Å². The highest BCUT2D eigenvalue weighted by atomic mass is 16.5. The van der Waals surface area contributed by atoms with E-state index in [1.807, 2.05) is 0 Å². The molecule has 0 amide bonds. The van der Waals surface area contributed by atoms with Crippen molar-refractivity contribution in [3.05, 3.63) is 18.0 Å². The fourth-order valence-corrected chi connectivity index (χ4v) is 0.437. The van der Waals surface area contributed by atoms with Gasteiger partial charge in [-0.1, -0.05) is 5.16 Å². The zero-order valence-electron chi connectivity index (χ0n) is 4.29. The highest BCUT2D eigenvalue weighted by Gasteiger charge is 1.91. The van der Waals surface area contributed by atoms with Crippen molar-refractivity contribution in [2.75, 3.05) is 6.61 Å². The summed E-state index contributed by atoms with van der Waals surface area (Å²) in [6.45, 7) is 0.123. The van der Waals surface area contributed by atoms with E-state index < -0.39 is 0 Å². The van der Waals surface area contributed by atoms with Gasteiger partial charge in [0.1, 0.15) is 12.5 Å². The lowest BCUT2D eigenvalue weighted by molar-refractivity contribution is 0.299. The summed E-state index contributed by atoms with van der Waals surface area (Å²) in [5, 5.41) is 11.7. The number of hydrogen-bond acceptors (Lipinski definition) is 3. The Labute approximate surface area is 46.9 Å². The summed E-state index contributed by atoms with van der Waals surface area (Å²) < 4.78 is 4.45. The zero-order valence-corrected chi connectivity index (χ0v) is 4.29. The minimum atomic E-state index is 0.123. The summed E-state index contributed by atoms with van der Waals surface area (Å²) in [5.74, 6) is 0. The van der Waals surface area contributed by atoms with Crippen LogP contribution >= 0.6 is 0 Å². The molecule has 1 N–H and O–H groups in total. The third-order valence-electron chi connectivity index (χ3n) is 0.818. The van der Waals surface area contributed by atoms with Crippen molar-refractivity contribution in [3.63, 3.8) is 0 Å². The van der Waals surface area contributed by atoms with Crippen LogP contribution in [0.1, 0.15) is 5.56 Å². The van der Waals surface area contributed by atoms with Gasteiger partial charge in [-0.15, -0.1) is 0 Å². The van der Waals surface area contributed by atoms with Gasteiger partial charge in [-0.3, -0.25) is 0 Å². The first kappa shape index (κ1) is 5.31. The number of hydrogen-bond donors (Lipinski definition) is 1. The van der Waals surface area contributed by atoms with Gasteiger partial charge in [-0.2, -0.15) is 0 Å². The number of aromatic nitrogens is 1. The van der Waals surface area contributed by atoms with E-state index >= 15 is 0 Å². The van der Waals surface area contributed by atoms with E-state index in [9.17, 15) is 0 Å². The Kier molecular flexibility index (Phi) is 1.64. The molecule has 0 spiro atoms. The van der Waals surface area contributed by atoms with Crippen LogP contribution in [0.4, 0.5) is 0 Å². The van der Waals surface area contributed by atoms with Gasteiger partial charge in [0.15, 0.2) is 0 Å². The molecule has 3 nitrogen and oxygen atoms in total. The van der Waals surface area contributed by atoms with Gasteiger partial charge in [0.2, 0.25) is 0 Å². The molecule has 1 aromatic heterocycles. The number of nitrogens with zero attached hydrogens (tertiary/aromatic N) is 1. The molecule has 0 saturated carbocycles. The van der Waals surface area contributed by atoms with Crippen molar-refractivity contribution in [1.29, 1.82) is 0 Å². The smallest absolute Gasteiger partial charge is 0.139 e. The predicted molar refractivity (Wildman–Crippen MR) is 26.1 cm³/mol. The van der Waals surface area contributed by atoms with Crippen molar-refractivity contribution in [3.8, 4) is 0 Å². The topological polar surface area (TPSA) is 46.3 Å². The largest absolute Gasteiger partial charge is 0.396 e. The Bertz CT molecular complexity index is 136. The van der Waals surface area contributed by atoms with Gasteiger partial charge in [-0.05, 0) is 0 Å². The molecule has 0 atom stereocenters. The molecule has 1 rings (SSSR count). The number of aliphatic hydroxyl groups excluding tert-OH is 1. The second kappa shape index (κ2) is 2.47. The maximum absolute atomic E-state index is 8.35. The molecule has 1 radical (unpaired) electrons. The van der Waals surface area contributed by atoms with Crippen LogP contribution in [0.2, 0.25) is 0 Å². The van der Waals surface area contributed by atoms with Crippen LogP contribution in [0, 0.1) is 6.20 Å². The molecule has 0 fully saturated rings. The molecule has 0 bridgehead atoms. The Morgan fingerprint density at radius 1 is 1.88 bits per heavy atom. The quantitative estimate of drug-likeness (QED) is 0.586. The van der Waals surface area contributed by atoms with Crippen LogP contribution in [0.3, 0.4) is 0 Å². The van der Waals surface area contributed by atoms with E-state index in [0.29, 0.717) is 6.42 Å². The van der Waals surface area contributed by atoms with Crippen LogP contribution in [0.15, 0.2) is 10.8 Å². The molecule has 43 valence electrons. The van der Waals surface area contributed by atoms with E-state index in [1.54, 1.807) is 0 Å².